The summed E-state index contributed by atoms with van der Waals surface area (Å²) in [5.74, 6) is -2.04. The zero-order chi connectivity index (χ0) is 25.8. The van der Waals surface area contributed by atoms with E-state index in [1.807, 2.05) is 44.2 Å². The average Bonchev–Trinajstić information content (AvgIpc) is 2.81. The lowest BCUT2D eigenvalue weighted by Gasteiger charge is -2.36. The summed E-state index contributed by atoms with van der Waals surface area (Å²) in [6.45, 7) is 5.38. The van der Waals surface area contributed by atoms with Crippen molar-refractivity contribution in [2.24, 2.45) is 5.92 Å². The molecule has 0 bridgehead atoms. The highest BCUT2D eigenvalue weighted by Crippen LogP contribution is 2.54. The van der Waals surface area contributed by atoms with Crippen molar-refractivity contribution in [1.29, 1.82) is 0 Å². The molecule has 3 aromatic rings. The molecule has 8 heteroatoms. The molecule has 3 N–H and O–H groups in total. The van der Waals surface area contributed by atoms with Crippen LogP contribution in [0.5, 0.6) is 0 Å². The van der Waals surface area contributed by atoms with Gasteiger partial charge < -0.3 is 10.2 Å². The van der Waals surface area contributed by atoms with E-state index in [9.17, 15) is 28.9 Å². The summed E-state index contributed by atoms with van der Waals surface area (Å²) in [7, 11) is -3.42. The van der Waals surface area contributed by atoms with Gasteiger partial charge in [-0.1, -0.05) is 56.3 Å². The van der Waals surface area contributed by atoms with Gasteiger partial charge >= 0.3 is 19.2 Å². The summed E-state index contributed by atoms with van der Waals surface area (Å²) in [5.41, 5.74) is -0.249. The van der Waals surface area contributed by atoms with E-state index < -0.39 is 30.6 Å². The lowest BCUT2D eigenvalue weighted by molar-refractivity contribution is -0.151. The third kappa shape index (κ3) is 5.32. The fourth-order valence-electron chi connectivity index (χ4n) is 4.34. The molecule has 35 heavy (non-hydrogen) atoms. The normalized spacial score (nSPS) is 15.3. The lowest BCUT2D eigenvalue weighted by atomic mass is 9.74. The maximum Gasteiger partial charge on any atom is 0.527 e. The van der Waals surface area contributed by atoms with E-state index in [4.69, 9.17) is 0 Å². The van der Waals surface area contributed by atoms with Gasteiger partial charge in [0.25, 0.3) is 0 Å². The fourth-order valence-corrected chi connectivity index (χ4v) is 5.33. The molecule has 1 aromatic heterocycles. The highest BCUT2D eigenvalue weighted by atomic mass is 31.1. The number of aryl methyl sites for hydroxylation is 1. The van der Waals surface area contributed by atoms with Gasteiger partial charge in [-0.2, -0.15) is 4.89 Å². The predicted molar refractivity (Wildman–Crippen MR) is 133 cm³/mol. The van der Waals surface area contributed by atoms with Crippen LogP contribution in [0, 0.1) is 18.7 Å². The van der Waals surface area contributed by atoms with Crippen molar-refractivity contribution < 1.29 is 28.9 Å². The van der Waals surface area contributed by atoms with Gasteiger partial charge in [-0.25, -0.2) is 14.2 Å². The van der Waals surface area contributed by atoms with E-state index in [1.54, 1.807) is 19.1 Å². The molecular weight excluding hydrogens is 468 g/mol. The second-order valence-electron chi connectivity index (χ2n) is 9.25. The van der Waals surface area contributed by atoms with Crippen LogP contribution < -0.4 is 0 Å². The van der Waals surface area contributed by atoms with Crippen molar-refractivity contribution >= 4 is 14.0 Å². The minimum absolute atomic E-state index is 0.0177. The Balaban J connectivity index is 2.29. The van der Waals surface area contributed by atoms with E-state index in [-0.39, 0.29) is 30.9 Å². The molecule has 1 heterocycles. The van der Waals surface area contributed by atoms with E-state index in [1.165, 1.54) is 24.3 Å². The third-order valence-electron chi connectivity index (χ3n) is 6.44. The Bertz CT molecular complexity index is 1200. The molecule has 3 atom stereocenters. The summed E-state index contributed by atoms with van der Waals surface area (Å²) in [5, 5.41) is 20.2. The molecule has 0 saturated carbocycles. The van der Waals surface area contributed by atoms with Gasteiger partial charge in [0.05, 0.1) is 11.4 Å². The summed E-state index contributed by atoms with van der Waals surface area (Å²) < 4.78 is 26.7. The number of hydrogen-bond acceptors (Lipinski definition) is 4. The number of rotatable bonds is 10. The number of benzene rings is 2. The van der Waals surface area contributed by atoms with Crippen molar-refractivity contribution in [1.82, 2.24) is 4.98 Å². The number of hydrogen-bond donors (Lipinski definition) is 3. The van der Waals surface area contributed by atoms with Gasteiger partial charge in [0.15, 0.2) is 5.60 Å². The fraction of sp³-hybridized carbons (Fsp3) is 0.333. The van der Waals surface area contributed by atoms with Crippen LogP contribution in [0.1, 0.15) is 43.5 Å². The highest BCUT2D eigenvalue weighted by Gasteiger charge is 2.71. The van der Waals surface area contributed by atoms with Crippen molar-refractivity contribution in [3.8, 4) is 11.3 Å². The molecule has 0 saturated heterocycles. The number of carboxylic acids is 1. The summed E-state index contributed by atoms with van der Waals surface area (Å²) in [6, 6.07) is 17.9. The van der Waals surface area contributed by atoms with E-state index in [0.717, 1.165) is 5.56 Å². The van der Waals surface area contributed by atoms with Crippen LogP contribution >= 0.6 is 8.03 Å². The second-order valence-corrected chi connectivity index (χ2v) is 10.6. The first kappa shape index (κ1) is 26.6. The van der Waals surface area contributed by atoms with E-state index >= 15 is 0 Å². The molecule has 0 spiro atoms. The number of carboxylic acid groups (broad SMARTS) is 1. The summed E-state index contributed by atoms with van der Waals surface area (Å²) in [6.07, 6.45) is -0.299. The van der Waals surface area contributed by atoms with Gasteiger partial charge in [0.1, 0.15) is 5.82 Å². The zero-order valence-corrected chi connectivity index (χ0v) is 20.9. The number of halogens is 1. The molecule has 3 rings (SSSR count). The van der Waals surface area contributed by atoms with Crippen LogP contribution in [0.15, 0.2) is 66.7 Å². The quantitative estimate of drug-likeness (QED) is 0.313. The van der Waals surface area contributed by atoms with Crippen molar-refractivity contribution in [2.45, 2.75) is 50.8 Å². The maximum absolute atomic E-state index is 13.8. The van der Waals surface area contributed by atoms with Crippen molar-refractivity contribution in [2.75, 3.05) is 0 Å². The van der Waals surface area contributed by atoms with Crippen LogP contribution in [0.2, 0.25) is 0 Å². The minimum atomic E-state index is -3.42. The Morgan fingerprint density at radius 1 is 1.09 bits per heavy atom. The average molecular weight is 499 g/mol. The monoisotopic (exact) mass is 498 g/mol. The molecule has 0 radical (unpaired) electrons. The van der Waals surface area contributed by atoms with Crippen LogP contribution in [-0.2, 0) is 21.4 Å². The van der Waals surface area contributed by atoms with Crippen LogP contribution in [0.25, 0.3) is 11.3 Å². The molecule has 0 aliphatic rings. The summed E-state index contributed by atoms with van der Waals surface area (Å²) >= 11 is 0. The molecule has 184 valence electrons. The van der Waals surface area contributed by atoms with Gasteiger partial charge in [-0.3, -0.25) is 0 Å². The molecule has 3 unspecified atom stereocenters. The Morgan fingerprint density at radius 2 is 1.77 bits per heavy atom. The summed E-state index contributed by atoms with van der Waals surface area (Å²) in [4.78, 5) is 27.9. The molecule has 0 aliphatic carbocycles. The van der Waals surface area contributed by atoms with Gasteiger partial charge in [0.2, 0.25) is 0 Å². The number of pyridine rings is 1. The maximum atomic E-state index is 13.8. The SMILES string of the molecule is Cc1cc(F)ccc1CC(O)(c1cccc(-c2ccccc2)n1)C(CCC(C)C)(C(=O)O)[P+](=O)O. The first-order chi connectivity index (χ1) is 16.5. The molecule has 6 nitrogen and oxygen atoms in total. The predicted octanol–water partition coefficient (Wildman–Crippen LogP) is 5.62. The highest BCUT2D eigenvalue weighted by molar-refractivity contribution is 7.41. The van der Waals surface area contributed by atoms with E-state index in [2.05, 4.69) is 4.98 Å². The van der Waals surface area contributed by atoms with Crippen molar-refractivity contribution in [3.05, 3.63) is 89.4 Å². The Morgan fingerprint density at radius 3 is 2.34 bits per heavy atom. The van der Waals surface area contributed by atoms with Gasteiger partial charge in [-0.15, -0.1) is 0 Å². The molecular formula is C27H30FNO5P+. The van der Waals surface area contributed by atoms with Gasteiger partial charge in [0, 0.05) is 18.4 Å². The van der Waals surface area contributed by atoms with Gasteiger partial charge in [-0.05, 0) is 59.2 Å². The van der Waals surface area contributed by atoms with Crippen LogP contribution in [-0.4, -0.2) is 31.2 Å². The number of nitrogens with zero attached hydrogens (tertiary/aromatic N) is 1. The number of aliphatic carboxylic acids is 1. The molecule has 2 aromatic carbocycles. The Kier molecular flexibility index (Phi) is 8.16. The van der Waals surface area contributed by atoms with E-state index in [0.29, 0.717) is 16.8 Å². The molecule has 0 aliphatic heterocycles. The Labute approximate surface area is 205 Å². The first-order valence-corrected chi connectivity index (χ1v) is 12.6. The standard InChI is InChI=1S/C27H29FNO5P/c1-18(2)14-15-27(25(30)31,35(33)34)26(32,17-21-12-13-22(28)16-19(21)3)24-11-7-10-23(29-24)20-8-5-4-6-9-20/h4-13,16,18,32H,14-15,17H2,1-3H3,(H-,30,31,33,34)/p+1. The molecule has 0 fully saturated rings. The third-order valence-corrected chi connectivity index (χ3v) is 7.88. The minimum Gasteiger partial charge on any atom is -0.477 e. The number of carbonyl (C=O) groups is 1. The second kappa shape index (κ2) is 10.7. The number of aromatic nitrogens is 1. The van der Waals surface area contributed by atoms with Crippen molar-refractivity contribution in [3.63, 3.8) is 0 Å². The number of aliphatic hydroxyl groups is 1. The molecule has 0 amide bonds. The largest absolute Gasteiger partial charge is 0.527 e. The lowest BCUT2D eigenvalue weighted by Crippen LogP contribution is -2.56. The zero-order valence-electron chi connectivity index (χ0n) is 20.0. The first-order valence-electron chi connectivity index (χ1n) is 11.4. The topological polar surface area (TPSA) is 108 Å². The van der Waals surface area contributed by atoms with Crippen LogP contribution in [0.3, 0.4) is 0 Å². The van der Waals surface area contributed by atoms with Crippen LogP contribution in [0.4, 0.5) is 4.39 Å². The smallest absolute Gasteiger partial charge is 0.477 e. The Hall–Kier alpha value is -2.99.